The van der Waals surface area contributed by atoms with Crippen LogP contribution in [0.2, 0.25) is 0 Å². The molecule has 94 valence electrons. The SMILES string of the molecule is Brc1ccc(NCc2ccncn2)c2ccccc12. The maximum atomic E-state index is 4.21. The van der Waals surface area contributed by atoms with E-state index in [9.17, 15) is 0 Å². The van der Waals surface area contributed by atoms with E-state index in [1.807, 2.05) is 18.2 Å². The van der Waals surface area contributed by atoms with Crippen LogP contribution in [0.1, 0.15) is 5.69 Å². The second kappa shape index (κ2) is 5.36. The first kappa shape index (κ1) is 12.1. The monoisotopic (exact) mass is 313 g/mol. The van der Waals surface area contributed by atoms with E-state index in [0.717, 1.165) is 15.9 Å². The summed E-state index contributed by atoms with van der Waals surface area (Å²) in [6.45, 7) is 0.689. The van der Waals surface area contributed by atoms with Crippen LogP contribution in [0.4, 0.5) is 5.69 Å². The van der Waals surface area contributed by atoms with E-state index < -0.39 is 0 Å². The molecule has 3 aromatic rings. The van der Waals surface area contributed by atoms with Crippen molar-refractivity contribution in [3.63, 3.8) is 0 Å². The Morgan fingerprint density at radius 2 is 1.84 bits per heavy atom. The summed E-state index contributed by atoms with van der Waals surface area (Å²) in [5, 5.41) is 5.82. The van der Waals surface area contributed by atoms with Crippen LogP contribution in [0, 0.1) is 0 Å². The summed E-state index contributed by atoms with van der Waals surface area (Å²) >= 11 is 3.58. The zero-order valence-corrected chi connectivity index (χ0v) is 11.8. The second-order valence-corrected chi connectivity index (χ2v) is 5.05. The molecule has 1 N–H and O–H groups in total. The van der Waals surface area contributed by atoms with Crippen molar-refractivity contribution in [1.29, 1.82) is 0 Å². The summed E-state index contributed by atoms with van der Waals surface area (Å²) in [7, 11) is 0. The molecular weight excluding hydrogens is 302 g/mol. The normalized spacial score (nSPS) is 10.6. The van der Waals surface area contributed by atoms with E-state index in [2.05, 4.69) is 55.5 Å². The van der Waals surface area contributed by atoms with Gasteiger partial charge in [0.15, 0.2) is 0 Å². The van der Waals surface area contributed by atoms with Crippen molar-refractivity contribution < 1.29 is 0 Å². The van der Waals surface area contributed by atoms with Gasteiger partial charge in [0.2, 0.25) is 0 Å². The molecule has 0 spiro atoms. The Morgan fingerprint density at radius 1 is 1.00 bits per heavy atom. The third-order valence-electron chi connectivity index (χ3n) is 2.97. The van der Waals surface area contributed by atoms with E-state index in [0.29, 0.717) is 6.54 Å². The lowest BCUT2D eigenvalue weighted by atomic mass is 10.1. The van der Waals surface area contributed by atoms with Crippen molar-refractivity contribution >= 4 is 32.4 Å². The second-order valence-electron chi connectivity index (χ2n) is 4.19. The lowest BCUT2D eigenvalue weighted by molar-refractivity contribution is 1.01. The number of hydrogen-bond acceptors (Lipinski definition) is 3. The van der Waals surface area contributed by atoms with Crippen molar-refractivity contribution in [2.45, 2.75) is 6.54 Å². The highest BCUT2D eigenvalue weighted by molar-refractivity contribution is 9.10. The number of halogens is 1. The molecule has 3 rings (SSSR count). The van der Waals surface area contributed by atoms with Crippen LogP contribution in [0.5, 0.6) is 0 Å². The Labute approximate surface area is 119 Å². The fourth-order valence-corrected chi connectivity index (χ4v) is 2.50. The highest BCUT2D eigenvalue weighted by Gasteiger charge is 2.03. The molecule has 0 aliphatic rings. The first-order valence-electron chi connectivity index (χ1n) is 6.00. The molecule has 19 heavy (non-hydrogen) atoms. The largest absolute Gasteiger partial charge is 0.379 e. The van der Waals surface area contributed by atoms with Crippen LogP contribution < -0.4 is 5.32 Å². The molecular formula is C15H12BrN3. The molecule has 0 bridgehead atoms. The number of benzene rings is 2. The average Bonchev–Trinajstić information content (AvgIpc) is 2.48. The standard InChI is InChI=1S/C15H12BrN3/c16-14-5-6-15(13-4-2-1-3-12(13)14)18-9-11-7-8-17-10-19-11/h1-8,10,18H,9H2. The number of nitrogens with one attached hydrogen (secondary N) is 1. The predicted molar refractivity (Wildman–Crippen MR) is 81.0 cm³/mol. The molecule has 1 heterocycles. The Bertz CT molecular complexity index is 698. The Morgan fingerprint density at radius 3 is 2.63 bits per heavy atom. The van der Waals surface area contributed by atoms with Gasteiger partial charge in [-0.25, -0.2) is 9.97 Å². The number of rotatable bonds is 3. The van der Waals surface area contributed by atoms with Gasteiger partial charge in [0, 0.05) is 21.7 Å². The fraction of sp³-hybridized carbons (Fsp3) is 0.0667. The van der Waals surface area contributed by atoms with E-state index in [1.54, 1.807) is 12.5 Å². The maximum Gasteiger partial charge on any atom is 0.115 e. The molecule has 4 heteroatoms. The molecule has 0 saturated heterocycles. The average molecular weight is 314 g/mol. The minimum atomic E-state index is 0.689. The topological polar surface area (TPSA) is 37.8 Å². The molecule has 0 saturated carbocycles. The van der Waals surface area contributed by atoms with Gasteiger partial charge in [-0.05, 0) is 23.6 Å². The van der Waals surface area contributed by atoms with Gasteiger partial charge >= 0.3 is 0 Å². The Balaban J connectivity index is 1.91. The van der Waals surface area contributed by atoms with Crippen LogP contribution in [0.15, 0.2) is 59.5 Å². The summed E-state index contributed by atoms with van der Waals surface area (Å²) < 4.78 is 1.11. The molecule has 0 radical (unpaired) electrons. The van der Waals surface area contributed by atoms with Gasteiger partial charge in [-0.15, -0.1) is 0 Å². The van der Waals surface area contributed by atoms with Gasteiger partial charge in [-0.2, -0.15) is 0 Å². The lowest BCUT2D eigenvalue weighted by Crippen LogP contribution is -2.02. The van der Waals surface area contributed by atoms with Crippen LogP contribution >= 0.6 is 15.9 Å². The van der Waals surface area contributed by atoms with Crippen LogP contribution in [0.3, 0.4) is 0 Å². The first-order valence-corrected chi connectivity index (χ1v) is 6.80. The van der Waals surface area contributed by atoms with Gasteiger partial charge in [0.05, 0.1) is 12.2 Å². The summed E-state index contributed by atoms with van der Waals surface area (Å²) in [6.07, 6.45) is 3.32. The molecule has 1 aromatic heterocycles. The van der Waals surface area contributed by atoms with Crippen molar-refractivity contribution in [3.05, 3.63) is 65.2 Å². The van der Waals surface area contributed by atoms with E-state index in [4.69, 9.17) is 0 Å². The molecule has 2 aromatic carbocycles. The molecule has 0 aliphatic carbocycles. The number of fused-ring (bicyclic) bond motifs is 1. The molecule has 0 atom stereocenters. The maximum absolute atomic E-state index is 4.21. The predicted octanol–water partition coefficient (Wildman–Crippen LogP) is 4.00. The smallest absolute Gasteiger partial charge is 0.115 e. The summed E-state index contributed by atoms with van der Waals surface area (Å²) in [6, 6.07) is 14.4. The number of aromatic nitrogens is 2. The van der Waals surface area contributed by atoms with Crippen molar-refractivity contribution in [2.24, 2.45) is 0 Å². The number of anilines is 1. The third kappa shape index (κ3) is 2.58. The van der Waals surface area contributed by atoms with Crippen molar-refractivity contribution in [3.8, 4) is 0 Å². The summed E-state index contributed by atoms with van der Waals surface area (Å²) in [5.41, 5.74) is 2.08. The van der Waals surface area contributed by atoms with E-state index in [-0.39, 0.29) is 0 Å². The van der Waals surface area contributed by atoms with E-state index in [1.165, 1.54) is 10.8 Å². The Kier molecular flexibility index (Phi) is 3.42. The number of nitrogens with zero attached hydrogens (tertiary/aromatic N) is 2. The van der Waals surface area contributed by atoms with Crippen molar-refractivity contribution in [1.82, 2.24) is 9.97 Å². The minimum Gasteiger partial charge on any atom is -0.379 e. The molecule has 3 nitrogen and oxygen atoms in total. The van der Waals surface area contributed by atoms with Gasteiger partial charge < -0.3 is 5.32 Å². The molecule has 0 fully saturated rings. The zero-order chi connectivity index (χ0) is 13.1. The lowest BCUT2D eigenvalue weighted by Gasteiger charge is -2.10. The Hall–Kier alpha value is -1.94. The molecule has 0 aliphatic heterocycles. The van der Waals surface area contributed by atoms with Crippen molar-refractivity contribution in [2.75, 3.05) is 5.32 Å². The summed E-state index contributed by atoms with van der Waals surface area (Å²) in [5.74, 6) is 0. The highest BCUT2D eigenvalue weighted by atomic mass is 79.9. The third-order valence-corrected chi connectivity index (χ3v) is 3.67. The minimum absolute atomic E-state index is 0.689. The van der Waals surface area contributed by atoms with Gasteiger partial charge in [0.25, 0.3) is 0 Å². The van der Waals surface area contributed by atoms with Crippen LogP contribution in [-0.4, -0.2) is 9.97 Å². The van der Waals surface area contributed by atoms with Crippen LogP contribution in [-0.2, 0) is 6.54 Å². The molecule has 0 unspecified atom stereocenters. The summed E-state index contributed by atoms with van der Waals surface area (Å²) in [4.78, 5) is 8.13. The van der Waals surface area contributed by atoms with Gasteiger partial charge in [0.1, 0.15) is 6.33 Å². The quantitative estimate of drug-likeness (QED) is 0.794. The van der Waals surface area contributed by atoms with Gasteiger partial charge in [-0.3, -0.25) is 0 Å². The van der Waals surface area contributed by atoms with E-state index >= 15 is 0 Å². The number of hydrogen-bond donors (Lipinski definition) is 1. The highest BCUT2D eigenvalue weighted by Crippen LogP contribution is 2.30. The fourth-order valence-electron chi connectivity index (χ4n) is 2.02. The zero-order valence-electron chi connectivity index (χ0n) is 10.2. The van der Waals surface area contributed by atoms with Crippen LogP contribution in [0.25, 0.3) is 10.8 Å². The van der Waals surface area contributed by atoms with Gasteiger partial charge in [-0.1, -0.05) is 40.2 Å². The molecule has 0 amide bonds. The first-order chi connectivity index (χ1) is 9.34.